The molecule has 39 heavy (non-hydrogen) atoms. The SMILES string of the molecule is c1ccc(P(c2ccccc2)c2ccc3c(c2)Oc2ccccc2C32c3ccccc3-c3ccccc32)cc1. The van der Waals surface area contributed by atoms with Crippen LogP contribution in [0.15, 0.2) is 152 Å². The number of ether oxygens (including phenoxy) is 1. The Morgan fingerprint density at radius 1 is 0.385 bits per heavy atom. The van der Waals surface area contributed by atoms with Gasteiger partial charge in [-0.2, -0.15) is 0 Å². The fourth-order valence-corrected chi connectivity index (χ4v) is 8.90. The lowest BCUT2D eigenvalue weighted by atomic mass is 9.66. The largest absolute Gasteiger partial charge is 0.457 e. The van der Waals surface area contributed by atoms with E-state index in [0.717, 1.165) is 11.5 Å². The second-order valence-electron chi connectivity index (χ2n) is 10.1. The van der Waals surface area contributed by atoms with E-state index in [1.165, 1.54) is 49.3 Å². The Kier molecular flexibility index (Phi) is 5.08. The topological polar surface area (TPSA) is 9.23 Å². The fourth-order valence-electron chi connectivity index (χ4n) is 6.59. The summed E-state index contributed by atoms with van der Waals surface area (Å²) in [4.78, 5) is 0. The van der Waals surface area contributed by atoms with E-state index in [4.69, 9.17) is 4.74 Å². The predicted molar refractivity (Wildman–Crippen MR) is 163 cm³/mol. The van der Waals surface area contributed by atoms with Gasteiger partial charge in [0.15, 0.2) is 0 Å². The first-order valence-corrected chi connectivity index (χ1v) is 14.7. The quantitative estimate of drug-likeness (QED) is 0.217. The second-order valence-corrected chi connectivity index (χ2v) is 12.3. The summed E-state index contributed by atoms with van der Waals surface area (Å²) in [5, 5.41) is 3.96. The number of benzene rings is 6. The van der Waals surface area contributed by atoms with E-state index in [2.05, 4.69) is 152 Å². The van der Waals surface area contributed by atoms with Gasteiger partial charge in [0, 0.05) is 11.1 Å². The molecule has 0 saturated heterocycles. The van der Waals surface area contributed by atoms with Crippen molar-refractivity contribution in [3.8, 4) is 22.6 Å². The van der Waals surface area contributed by atoms with Crippen LogP contribution in [0.5, 0.6) is 11.5 Å². The highest BCUT2D eigenvalue weighted by atomic mass is 31.1. The van der Waals surface area contributed by atoms with E-state index in [1.807, 2.05) is 0 Å². The van der Waals surface area contributed by atoms with Crippen molar-refractivity contribution in [3.63, 3.8) is 0 Å². The van der Waals surface area contributed by atoms with Crippen molar-refractivity contribution in [1.29, 1.82) is 0 Å². The number of para-hydroxylation sites is 1. The summed E-state index contributed by atoms with van der Waals surface area (Å²) in [5.41, 5.74) is 7.24. The van der Waals surface area contributed by atoms with Crippen molar-refractivity contribution in [3.05, 3.63) is 174 Å². The van der Waals surface area contributed by atoms with E-state index in [0.29, 0.717) is 0 Å². The first-order chi connectivity index (χ1) is 19.4. The Labute approximate surface area is 230 Å². The highest BCUT2D eigenvalue weighted by Crippen LogP contribution is 2.61. The minimum Gasteiger partial charge on any atom is -0.457 e. The molecule has 1 heterocycles. The van der Waals surface area contributed by atoms with Crippen molar-refractivity contribution < 1.29 is 4.74 Å². The Balaban J connectivity index is 1.41. The number of hydrogen-bond acceptors (Lipinski definition) is 1. The maximum absolute atomic E-state index is 6.77. The van der Waals surface area contributed by atoms with Crippen LogP contribution in [0.25, 0.3) is 11.1 Å². The standard InChI is InChI=1S/C37H25OP/c1-3-13-26(14-4-1)39(27-15-5-2-6-16-27)28-23-24-34-36(25-28)38-35-22-12-11-21-33(35)37(34)31-19-9-7-17-29(31)30-18-8-10-20-32(30)37/h1-25H. The van der Waals surface area contributed by atoms with Gasteiger partial charge in [0.25, 0.3) is 0 Å². The van der Waals surface area contributed by atoms with Crippen LogP contribution in [-0.4, -0.2) is 0 Å². The van der Waals surface area contributed by atoms with Gasteiger partial charge in [-0.15, -0.1) is 0 Å². The van der Waals surface area contributed by atoms with Gasteiger partial charge in [0.2, 0.25) is 0 Å². The van der Waals surface area contributed by atoms with Gasteiger partial charge in [0.1, 0.15) is 11.5 Å². The van der Waals surface area contributed by atoms with Crippen LogP contribution < -0.4 is 20.7 Å². The molecule has 1 aliphatic carbocycles. The van der Waals surface area contributed by atoms with Gasteiger partial charge in [-0.25, -0.2) is 0 Å². The van der Waals surface area contributed by atoms with Gasteiger partial charge < -0.3 is 4.74 Å². The maximum atomic E-state index is 6.77. The van der Waals surface area contributed by atoms with Crippen molar-refractivity contribution in [1.82, 2.24) is 0 Å². The Hall–Kier alpha value is -4.45. The Morgan fingerprint density at radius 2 is 0.872 bits per heavy atom. The molecule has 0 bridgehead atoms. The van der Waals surface area contributed by atoms with Crippen molar-refractivity contribution >= 4 is 23.8 Å². The van der Waals surface area contributed by atoms with Crippen molar-refractivity contribution in [2.45, 2.75) is 5.41 Å². The summed E-state index contributed by atoms with van der Waals surface area (Å²) in [6, 6.07) is 55.1. The lowest BCUT2D eigenvalue weighted by Crippen LogP contribution is -2.33. The molecule has 0 radical (unpaired) electrons. The third-order valence-electron chi connectivity index (χ3n) is 8.12. The molecule has 0 aromatic heterocycles. The molecular formula is C37H25OP. The average Bonchev–Trinajstić information content (AvgIpc) is 3.29. The lowest BCUT2D eigenvalue weighted by molar-refractivity contribution is 0.437. The van der Waals surface area contributed by atoms with Crippen LogP contribution in [0.2, 0.25) is 0 Å². The van der Waals surface area contributed by atoms with Crippen LogP contribution >= 0.6 is 7.92 Å². The highest BCUT2D eigenvalue weighted by Gasteiger charge is 2.50. The zero-order valence-corrected chi connectivity index (χ0v) is 22.2. The molecule has 1 nitrogen and oxygen atoms in total. The highest BCUT2D eigenvalue weighted by molar-refractivity contribution is 7.79. The van der Waals surface area contributed by atoms with E-state index < -0.39 is 13.3 Å². The van der Waals surface area contributed by atoms with Crippen LogP contribution in [0, 0.1) is 0 Å². The van der Waals surface area contributed by atoms with Crippen LogP contribution in [0.3, 0.4) is 0 Å². The molecule has 8 rings (SSSR count). The van der Waals surface area contributed by atoms with Gasteiger partial charge in [-0.05, 0) is 58.2 Å². The monoisotopic (exact) mass is 516 g/mol. The summed E-state index contributed by atoms with van der Waals surface area (Å²) in [6.45, 7) is 0. The lowest BCUT2D eigenvalue weighted by Gasteiger charge is -2.39. The molecule has 0 amide bonds. The summed E-state index contributed by atoms with van der Waals surface area (Å²) in [6.07, 6.45) is 0. The first kappa shape index (κ1) is 22.5. The molecule has 1 aliphatic heterocycles. The Bertz CT molecular complexity index is 1760. The molecule has 184 valence electrons. The third kappa shape index (κ3) is 3.24. The van der Waals surface area contributed by atoms with Crippen molar-refractivity contribution in [2.75, 3.05) is 0 Å². The zero-order chi connectivity index (χ0) is 25.8. The van der Waals surface area contributed by atoms with Gasteiger partial charge in [0.05, 0.1) is 5.41 Å². The zero-order valence-electron chi connectivity index (χ0n) is 21.3. The Morgan fingerprint density at radius 3 is 1.49 bits per heavy atom. The van der Waals surface area contributed by atoms with Gasteiger partial charge in [-0.1, -0.05) is 140 Å². The average molecular weight is 517 g/mol. The maximum Gasteiger partial charge on any atom is 0.132 e. The normalized spacial score (nSPS) is 13.8. The molecule has 0 fully saturated rings. The summed E-state index contributed by atoms with van der Waals surface area (Å²) in [5.74, 6) is 1.87. The molecule has 1 spiro atoms. The predicted octanol–water partition coefficient (Wildman–Crippen LogP) is 7.91. The minimum atomic E-state index is -0.737. The summed E-state index contributed by atoms with van der Waals surface area (Å²) >= 11 is 0. The summed E-state index contributed by atoms with van der Waals surface area (Å²) < 4.78 is 6.77. The number of rotatable bonds is 3. The van der Waals surface area contributed by atoms with E-state index >= 15 is 0 Å². The first-order valence-electron chi connectivity index (χ1n) is 13.4. The second kappa shape index (κ2) is 8.80. The molecule has 6 aromatic rings. The molecule has 0 atom stereocenters. The molecule has 2 aliphatic rings. The number of fused-ring (bicyclic) bond motifs is 9. The number of hydrogen-bond donors (Lipinski definition) is 0. The molecule has 0 saturated carbocycles. The molecular weight excluding hydrogens is 491 g/mol. The smallest absolute Gasteiger partial charge is 0.132 e. The van der Waals surface area contributed by atoms with Crippen molar-refractivity contribution in [2.24, 2.45) is 0 Å². The molecule has 6 aromatic carbocycles. The molecule has 0 N–H and O–H groups in total. The van der Waals surface area contributed by atoms with E-state index in [-0.39, 0.29) is 0 Å². The molecule has 0 unspecified atom stereocenters. The van der Waals surface area contributed by atoms with Crippen LogP contribution in [0.1, 0.15) is 22.3 Å². The fraction of sp³-hybridized carbons (Fsp3) is 0.0270. The molecule has 2 heteroatoms. The van der Waals surface area contributed by atoms with Gasteiger partial charge >= 0.3 is 0 Å². The van der Waals surface area contributed by atoms with Crippen LogP contribution in [0.4, 0.5) is 0 Å². The van der Waals surface area contributed by atoms with Crippen LogP contribution in [-0.2, 0) is 5.41 Å². The van der Waals surface area contributed by atoms with E-state index in [9.17, 15) is 0 Å². The minimum absolute atomic E-state index is 0.419. The summed E-state index contributed by atoms with van der Waals surface area (Å²) in [7, 11) is -0.737. The third-order valence-corrected chi connectivity index (χ3v) is 10.5. The van der Waals surface area contributed by atoms with E-state index in [1.54, 1.807) is 0 Å². The van der Waals surface area contributed by atoms with Gasteiger partial charge in [-0.3, -0.25) is 0 Å².